The SMILES string of the molecule is CC1C(OC(=O)CCC(=O)NCCCC(=O)NC(Cc2ccccc2)C(=O)O)O[C@H]2OC3(C)CC[C@H]4[C@H](C)CCC1C24OO3. The number of carbonyl (C=O) groups excluding carboxylic acids is 3. The molecule has 44 heavy (non-hydrogen) atoms. The molecule has 3 N–H and O–H groups in total. The molecule has 5 fully saturated rings. The van der Waals surface area contributed by atoms with Crippen molar-refractivity contribution in [3.63, 3.8) is 0 Å². The molecule has 0 radical (unpaired) electrons. The van der Waals surface area contributed by atoms with Gasteiger partial charge in [0.15, 0.2) is 11.9 Å². The predicted molar refractivity (Wildman–Crippen MR) is 154 cm³/mol. The molecule has 5 aliphatic rings. The van der Waals surface area contributed by atoms with Crippen LogP contribution in [0.4, 0.5) is 0 Å². The van der Waals surface area contributed by atoms with Gasteiger partial charge in [0.2, 0.25) is 23.9 Å². The Balaban J connectivity index is 1.03. The van der Waals surface area contributed by atoms with Gasteiger partial charge in [0.25, 0.3) is 0 Å². The fourth-order valence-electron chi connectivity index (χ4n) is 7.29. The van der Waals surface area contributed by atoms with Gasteiger partial charge in [0, 0.05) is 44.1 Å². The molecule has 0 aromatic heterocycles. The third-order valence-corrected chi connectivity index (χ3v) is 9.72. The normalized spacial score (nSPS) is 34.6. The van der Waals surface area contributed by atoms with E-state index in [1.165, 1.54) is 0 Å². The van der Waals surface area contributed by atoms with Crippen molar-refractivity contribution in [1.29, 1.82) is 0 Å². The minimum Gasteiger partial charge on any atom is -0.480 e. The van der Waals surface area contributed by atoms with Crippen LogP contribution in [0.15, 0.2) is 30.3 Å². The summed E-state index contributed by atoms with van der Waals surface area (Å²) in [7, 11) is 0. The van der Waals surface area contributed by atoms with Crippen molar-refractivity contribution in [3.8, 4) is 0 Å². The number of aliphatic carboxylic acids is 1. The monoisotopic (exact) mass is 616 g/mol. The standard InChI is InChI=1S/C32H44N2O10/c1-19-11-12-23-20(2)29(41-30-32(23)22(19)15-16-31(3,42-30)43-44-32)40-27(37)14-13-25(35)33-17-7-10-26(36)34-24(28(38)39)18-21-8-5-4-6-9-21/h4-6,8-9,19-20,22-24,29-30H,7,10-18H2,1-3H3,(H,33,35)(H,34,36)(H,38,39)/t19-,20?,22+,23?,24?,29?,30+,31?,32?/m1/s1. The molecular formula is C32H44N2O10. The first kappa shape index (κ1) is 32.3. The summed E-state index contributed by atoms with van der Waals surface area (Å²) in [6.45, 7) is 6.27. The fraction of sp³-hybridized carbons (Fsp3) is 0.688. The van der Waals surface area contributed by atoms with Crippen molar-refractivity contribution < 1.29 is 48.3 Å². The van der Waals surface area contributed by atoms with Crippen LogP contribution in [0.1, 0.15) is 77.7 Å². The maximum absolute atomic E-state index is 12.8. The number of nitrogens with one attached hydrogen (secondary N) is 2. The highest BCUT2D eigenvalue weighted by Crippen LogP contribution is 2.60. The third-order valence-electron chi connectivity index (χ3n) is 9.72. The lowest BCUT2D eigenvalue weighted by Gasteiger charge is -2.59. The molecule has 2 amide bonds. The largest absolute Gasteiger partial charge is 0.480 e. The van der Waals surface area contributed by atoms with E-state index < -0.39 is 47.9 Å². The number of rotatable bonds is 12. The van der Waals surface area contributed by atoms with E-state index >= 15 is 0 Å². The van der Waals surface area contributed by atoms with Crippen LogP contribution in [0.3, 0.4) is 0 Å². The Labute approximate surface area is 257 Å². The van der Waals surface area contributed by atoms with Crippen LogP contribution in [-0.2, 0) is 49.6 Å². The second-order valence-electron chi connectivity index (χ2n) is 12.9. The maximum atomic E-state index is 12.8. The summed E-state index contributed by atoms with van der Waals surface area (Å²) in [5.41, 5.74) is 0.0582. The topological polar surface area (TPSA) is 159 Å². The van der Waals surface area contributed by atoms with Gasteiger partial charge in [-0.1, -0.05) is 44.2 Å². The van der Waals surface area contributed by atoms with Crippen LogP contribution in [0.2, 0.25) is 0 Å². The summed E-state index contributed by atoms with van der Waals surface area (Å²) >= 11 is 0. The lowest BCUT2D eigenvalue weighted by Crippen LogP contribution is -2.70. The van der Waals surface area contributed by atoms with E-state index in [2.05, 4.69) is 17.6 Å². The molecule has 4 saturated heterocycles. The number of hydrogen-bond acceptors (Lipinski definition) is 9. The van der Waals surface area contributed by atoms with E-state index in [9.17, 15) is 24.3 Å². The van der Waals surface area contributed by atoms with E-state index in [-0.39, 0.29) is 55.9 Å². The minimum absolute atomic E-state index is 0.0208. The lowest BCUT2D eigenvalue weighted by atomic mass is 9.58. The number of ether oxygens (including phenoxy) is 3. The predicted octanol–water partition coefficient (Wildman–Crippen LogP) is 3.23. The highest BCUT2D eigenvalue weighted by Gasteiger charge is 2.69. The van der Waals surface area contributed by atoms with Gasteiger partial charge in [0.05, 0.1) is 6.42 Å². The molecule has 9 atom stereocenters. The zero-order chi connectivity index (χ0) is 31.5. The number of benzene rings is 1. The van der Waals surface area contributed by atoms with Gasteiger partial charge < -0.3 is 30.0 Å². The Bertz CT molecular complexity index is 1210. The molecule has 4 aliphatic heterocycles. The van der Waals surface area contributed by atoms with E-state index in [1.807, 2.05) is 32.0 Å². The van der Waals surface area contributed by atoms with Crippen LogP contribution >= 0.6 is 0 Å². The van der Waals surface area contributed by atoms with Crippen molar-refractivity contribution in [2.45, 2.75) is 109 Å². The zero-order valence-corrected chi connectivity index (χ0v) is 25.6. The molecule has 242 valence electrons. The van der Waals surface area contributed by atoms with E-state index in [4.69, 9.17) is 24.0 Å². The van der Waals surface area contributed by atoms with E-state index in [0.717, 1.165) is 24.8 Å². The second kappa shape index (κ2) is 13.5. The molecule has 1 saturated carbocycles. The van der Waals surface area contributed by atoms with Crippen LogP contribution in [0, 0.1) is 23.7 Å². The Morgan fingerprint density at radius 1 is 1.00 bits per heavy atom. The summed E-state index contributed by atoms with van der Waals surface area (Å²) < 4.78 is 18.3. The highest BCUT2D eigenvalue weighted by atomic mass is 17.3. The Hall–Kier alpha value is -3.06. The summed E-state index contributed by atoms with van der Waals surface area (Å²) in [6.07, 6.45) is 2.29. The second-order valence-corrected chi connectivity index (χ2v) is 12.9. The average molecular weight is 617 g/mol. The molecule has 4 heterocycles. The van der Waals surface area contributed by atoms with Crippen molar-refractivity contribution in [3.05, 3.63) is 35.9 Å². The lowest BCUT2D eigenvalue weighted by molar-refractivity contribution is -0.576. The Kier molecular flexibility index (Phi) is 9.93. The van der Waals surface area contributed by atoms with Crippen LogP contribution in [-0.4, -0.2) is 65.4 Å². The first-order chi connectivity index (χ1) is 21.0. The van der Waals surface area contributed by atoms with Crippen molar-refractivity contribution in [2.24, 2.45) is 23.7 Å². The van der Waals surface area contributed by atoms with Gasteiger partial charge in [0.1, 0.15) is 6.04 Å². The van der Waals surface area contributed by atoms with Crippen LogP contribution in [0.25, 0.3) is 0 Å². The molecule has 12 heteroatoms. The summed E-state index contributed by atoms with van der Waals surface area (Å²) in [6, 6.07) is 8.02. The number of carbonyl (C=O) groups is 4. The highest BCUT2D eigenvalue weighted by molar-refractivity contribution is 5.84. The molecular weight excluding hydrogens is 572 g/mol. The molecule has 1 aromatic rings. The van der Waals surface area contributed by atoms with Crippen molar-refractivity contribution in [1.82, 2.24) is 10.6 Å². The number of carboxylic acid groups (broad SMARTS) is 1. The number of esters is 1. The zero-order valence-electron chi connectivity index (χ0n) is 25.6. The molecule has 12 nitrogen and oxygen atoms in total. The summed E-state index contributed by atoms with van der Waals surface area (Å²) in [5, 5.41) is 14.7. The van der Waals surface area contributed by atoms with Gasteiger partial charge >= 0.3 is 11.9 Å². The number of amides is 2. The summed E-state index contributed by atoms with van der Waals surface area (Å²) in [4.78, 5) is 60.9. The van der Waals surface area contributed by atoms with Crippen LogP contribution in [0.5, 0.6) is 0 Å². The Morgan fingerprint density at radius 2 is 1.77 bits per heavy atom. The average Bonchev–Trinajstić information content (AvgIpc) is 3.22. The van der Waals surface area contributed by atoms with Gasteiger partial charge in [-0.3, -0.25) is 14.4 Å². The Morgan fingerprint density at radius 3 is 2.52 bits per heavy atom. The fourth-order valence-corrected chi connectivity index (χ4v) is 7.29. The van der Waals surface area contributed by atoms with Gasteiger partial charge in [-0.05, 0) is 50.0 Å². The van der Waals surface area contributed by atoms with E-state index in [1.54, 1.807) is 12.1 Å². The van der Waals surface area contributed by atoms with Crippen molar-refractivity contribution >= 4 is 23.8 Å². The maximum Gasteiger partial charge on any atom is 0.326 e. The third kappa shape index (κ3) is 6.93. The molecule has 1 spiro atoms. The number of carboxylic acids is 1. The first-order valence-corrected chi connectivity index (χ1v) is 15.7. The molecule has 6 unspecified atom stereocenters. The molecule has 6 rings (SSSR count). The van der Waals surface area contributed by atoms with Gasteiger partial charge in [-0.2, -0.15) is 0 Å². The van der Waals surface area contributed by atoms with Crippen molar-refractivity contribution in [2.75, 3.05) is 6.54 Å². The summed E-state index contributed by atoms with van der Waals surface area (Å²) in [5.74, 6) is -2.86. The van der Waals surface area contributed by atoms with Crippen LogP contribution < -0.4 is 10.6 Å². The molecule has 1 aromatic carbocycles. The number of hydrogen-bond donors (Lipinski definition) is 3. The first-order valence-electron chi connectivity index (χ1n) is 15.7. The minimum atomic E-state index is -1.11. The molecule has 2 bridgehead atoms. The number of fused-ring (bicyclic) bond motifs is 2. The van der Waals surface area contributed by atoms with E-state index in [0.29, 0.717) is 18.8 Å². The van der Waals surface area contributed by atoms with Gasteiger partial charge in [-0.25, -0.2) is 14.6 Å². The molecule has 1 aliphatic carbocycles. The quantitative estimate of drug-likeness (QED) is 0.181. The van der Waals surface area contributed by atoms with Gasteiger partial charge in [-0.15, -0.1) is 0 Å². The smallest absolute Gasteiger partial charge is 0.326 e.